The summed E-state index contributed by atoms with van der Waals surface area (Å²) in [6.45, 7) is 7.47. The van der Waals surface area contributed by atoms with Gasteiger partial charge in [0, 0.05) is 11.5 Å². The van der Waals surface area contributed by atoms with Crippen molar-refractivity contribution in [3.8, 4) is 5.75 Å². The molecule has 0 fully saturated rings. The number of hydrogen-bond donors (Lipinski definition) is 1. The number of carbonyl (C=O) groups is 1. The Hall–Kier alpha value is -2.67. The van der Waals surface area contributed by atoms with E-state index in [1.807, 2.05) is 20.8 Å². The SMILES string of the molecule is CCN(CC)C(C)NC(=O)c1cc([N+](=O)[O-])c2ccccc2c1OC. The molecule has 1 unspecified atom stereocenters. The molecule has 134 valence electrons. The molecule has 0 spiro atoms. The molecular formula is C18H23N3O4. The Morgan fingerprint density at radius 3 is 2.40 bits per heavy atom. The lowest BCUT2D eigenvalue weighted by atomic mass is 10.0. The third kappa shape index (κ3) is 3.71. The van der Waals surface area contributed by atoms with Gasteiger partial charge in [-0.15, -0.1) is 0 Å². The molecule has 2 rings (SSSR count). The third-order valence-electron chi connectivity index (χ3n) is 4.32. The van der Waals surface area contributed by atoms with Gasteiger partial charge in [0.05, 0.1) is 29.1 Å². The molecule has 2 aromatic rings. The van der Waals surface area contributed by atoms with Gasteiger partial charge in [-0.3, -0.25) is 19.8 Å². The minimum absolute atomic E-state index is 0.114. The van der Waals surface area contributed by atoms with E-state index in [9.17, 15) is 14.9 Å². The zero-order chi connectivity index (χ0) is 18.6. The smallest absolute Gasteiger partial charge is 0.278 e. The van der Waals surface area contributed by atoms with Crippen molar-refractivity contribution in [1.82, 2.24) is 10.2 Å². The maximum atomic E-state index is 12.7. The molecular weight excluding hydrogens is 322 g/mol. The molecule has 0 aliphatic rings. The van der Waals surface area contributed by atoms with Crippen LogP contribution in [0.5, 0.6) is 5.75 Å². The van der Waals surface area contributed by atoms with E-state index in [2.05, 4.69) is 10.2 Å². The van der Waals surface area contributed by atoms with Crippen molar-refractivity contribution in [2.45, 2.75) is 26.9 Å². The first-order valence-electron chi connectivity index (χ1n) is 8.23. The number of benzene rings is 2. The summed E-state index contributed by atoms with van der Waals surface area (Å²) >= 11 is 0. The number of fused-ring (bicyclic) bond motifs is 1. The number of methoxy groups -OCH3 is 1. The predicted octanol–water partition coefficient (Wildman–Crippen LogP) is 3.17. The maximum absolute atomic E-state index is 12.7. The second-order valence-corrected chi connectivity index (χ2v) is 5.65. The molecule has 7 heteroatoms. The lowest BCUT2D eigenvalue weighted by molar-refractivity contribution is -0.383. The number of ether oxygens (including phenoxy) is 1. The molecule has 0 saturated heterocycles. The van der Waals surface area contributed by atoms with Gasteiger partial charge in [-0.2, -0.15) is 0 Å². The van der Waals surface area contributed by atoms with Crippen LogP contribution in [0.2, 0.25) is 0 Å². The molecule has 1 amide bonds. The summed E-state index contributed by atoms with van der Waals surface area (Å²) in [5.41, 5.74) is 0.0453. The molecule has 1 N–H and O–H groups in total. The Bertz CT molecular complexity index is 787. The van der Waals surface area contributed by atoms with Gasteiger partial charge in [0.2, 0.25) is 0 Å². The highest BCUT2D eigenvalue weighted by atomic mass is 16.6. The van der Waals surface area contributed by atoms with Crippen LogP contribution in [-0.4, -0.2) is 42.1 Å². The highest BCUT2D eigenvalue weighted by Gasteiger charge is 2.24. The normalized spacial score (nSPS) is 12.2. The van der Waals surface area contributed by atoms with Crippen molar-refractivity contribution in [3.63, 3.8) is 0 Å². The van der Waals surface area contributed by atoms with Crippen LogP contribution in [0.1, 0.15) is 31.1 Å². The maximum Gasteiger partial charge on any atom is 0.278 e. The van der Waals surface area contributed by atoms with E-state index in [4.69, 9.17) is 4.74 Å². The number of nitrogens with zero attached hydrogens (tertiary/aromatic N) is 2. The second kappa shape index (κ2) is 7.94. The first-order valence-corrected chi connectivity index (χ1v) is 8.23. The van der Waals surface area contributed by atoms with Crippen molar-refractivity contribution >= 4 is 22.4 Å². The number of amides is 1. The first kappa shape index (κ1) is 18.7. The first-order chi connectivity index (χ1) is 11.9. The van der Waals surface area contributed by atoms with E-state index in [0.29, 0.717) is 16.5 Å². The predicted molar refractivity (Wildman–Crippen MR) is 97.0 cm³/mol. The molecule has 0 bridgehead atoms. The van der Waals surface area contributed by atoms with Gasteiger partial charge in [-0.1, -0.05) is 32.0 Å². The Kier molecular flexibility index (Phi) is 5.93. The molecule has 2 aromatic carbocycles. The van der Waals surface area contributed by atoms with E-state index in [0.717, 1.165) is 13.1 Å². The molecule has 7 nitrogen and oxygen atoms in total. The molecule has 25 heavy (non-hydrogen) atoms. The quantitative estimate of drug-likeness (QED) is 0.473. The average Bonchev–Trinajstić information content (AvgIpc) is 2.60. The lowest BCUT2D eigenvalue weighted by Crippen LogP contribution is -2.46. The molecule has 0 heterocycles. The fraction of sp³-hybridized carbons (Fsp3) is 0.389. The summed E-state index contributed by atoms with van der Waals surface area (Å²) in [7, 11) is 1.46. The molecule has 0 aromatic heterocycles. The number of nitro benzene ring substituents is 1. The van der Waals surface area contributed by atoms with Gasteiger partial charge >= 0.3 is 0 Å². The highest BCUT2D eigenvalue weighted by molar-refractivity contribution is 6.07. The van der Waals surface area contributed by atoms with Crippen LogP contribution in [0.3, 0.4) is 0 Å². The topological polar surface area (TPSA) is 84.7 Å². The van der Waals surface area contributed by atoms with E-state index in [1.54, 1.807) is 24.3 Å². The number of hydrogen-bond acceptors (Lipinski definition) is 5. The molecule has 0 saturated carbocycles. The minimum Gasteiger partial charge on any atom is -0.495 e. The minimum atomic E-state index is -0.480. The van der Waals surface area contributed by atoms with Crippen molar-refractivity contribution in [2.24, 2.45) is 0 Å². The zero-order valence-corrected chi connectivity index (χ0v) is 14.9. The van der Waals surface area contributed by atoms with Crippen LogP contribution >= 0.6 is 0 Å². The Morgan fingerprint density at radius 2 is 1.88 bits per heavy atom. The van der Waals surface area contributed by atoms with E-state index < -0.39 is 10.8 Å². The molecule has 1 atom stereocenters. The van der Waals surface area contributed by atoms with Crippen LogP contribution in [0.15, 0.2) is 30.3 Å². The van der Waals surface area contributed by atoms with Gasteiger partial charge in [0.25, 0.3) is 11.6 Å². The Labute approximate surface area is 146 Å². The van der Waals surface area contributed by atoms with Gasteiger partial charge < -0.3 is 10.1 Å². The largest absolute Gasteiger partial charge is 0.495 e. The third-order valence-corrected chi connectivity index (χ3v) is 4.32. The highest BCUT2D eigenvalue weighted by Crippen LogP contribution is 2.36. The number of rotatable bonds is 7. The number of carbonyl (C=O) groups excluding carboxylic acids is 1. The summed E-state index contributed by atoms with van der Waals surface area (Å²) in [5.74, 6) is -0.0597. The summed E-state index contributed by atoms with van der Waals surface area (Å²) < 4.78 is 5.41. The average molecular weight is 345 g/mol. The van der Waals surface area contributed by atoms with Crippen molar-refractivity contribution in [1.29, 1.82) is 0 Å². The van der Waals surface area contributed by atoms with E-state index in [-0.39, 0.29) is 17.4 Å². The van der Waals surface area contributed by atoms with E-state index >= 15 is 0 Å². The fourth-order valence-corrected chi connectivity index (χ4v) is 3.00. The summed E-state index contributed by atoms with van der Waals surface area (Å²) in [4.78, 5) is 25.8. The number of nitro groups is 1. The number of nitrogens with one attached hydrogen (secondary N) is 1. The molecule has 0 aliphatic heterocycles. The summed E-state index contributed by atoms with van der Waals surface area (Å²) in [6.07, 6.45) is -0.197. The van der Waals surface area contributed by atoms with Crippen molar-refractivity contribution in [2.75, 3.05) is 20.2 Å². The van der Waals surface area contributed by atoms with E-state index in [1.165, 1.54) is 13.2 Å². The van der Waals surface area contributed by atoms with Gasteiger partial charge in [0.15, 0.2) is 0 Å². The summed E-state index contributed by atoms with van der Waals surface area (Å²) in [6, 6.07) is 8.12. The van der Waals surface area contributed by atoms with Crippen LogP contribution in [-0.2, 0) is 0 Å². The van der Waals surface area contributed by atoms with Crippen LogP contribution in [0.4, 0.5) is 5.69 Å². The molecule has 0 aliphatic carbocycles. The molecule has 0 radical (unpaired) electrons. The second-order valence-electron chi connectivity index (χ2n) is 5.65. The Balaban J connectivity index is 2.53. The van der Waals surface area contributed by atoms with Crippen LogP contribution in [0, 0.1) is 10.1 Å². The Morgan fingerprint density at radius 1 is 1.28 bits per heavy atom. The van der Waals surface area contributed by atoms with Gasteiger partial charge in [0.1, 0.15) is 5.75 Å². The monoisotopic (exact) mass is 345 g/mol. The van der Waals surface area contributed by atoms with Crippen LogP contribution < -0.4 is 10.1 Å². The van der Waals surface area contributed by atoms with Gasteiger partial charge in [-0.05, 0) is 26.1 Å². The van der Waals surface area contributed by atoms with Crippen molar-refractivity contribution in [3.05, 3.63) is 46.0 Å². The summed E-state index contributed by atoms with van der Waals surface area (Å²) in [5, 5.41) is 15.3. The van der Waals surface area contributed by atoms with Crippen LogP contribution in [0.25, 0.3) is 10.8 Å². The van der Waals surface area contributed by atoms with Crippen molar-refractivity contribution < 1.29 is 14.5 Å². The zero-order valence-electron chi connectivity index (χ0n) is 14.9. The van der Waals surface area contributed by atoms with Gasteiger partial charge in [-0.25, -0.2) is 0 Å². The number of non-ortho nitro benzene ring substituents is 1. The fourth-order valence-electron chi connectivity index (χ4n) is 3.00. The standard InChI is InChI=1S/C18H23N3O4/c1-5-20(6-2)12(3)19-18(22)15-11-16(21(23)24)13-9-7-8-10-14(13)17(15)25-4/h7-12H,5-6H2,1-4H3,(H,19,22). The lowest BCUT2D eigenvalue weighted by Gasteiger charge is -2.27.